The van der Waals surface area contributed by atoms with Gasteiger partial charge in [0, 0.05) is 5.02 Å². The average molecular weight is 376 g/mol. The van der Waals surface area contributed by atoms with Crippen molar-refractivity contribution in [1.82, 2.24) is 0 Å². The maximum atomic E-state index is 12.4. The summed E-state index contributed by atoms with van der Waals surface area (Å²) in [6.07, 6.45) is 0. The molecule has 2 N–H and O–H groups in total. The van der Waals surface area contributed by atoms with Crippen LogP contribution in [0.15, 0.2) is 41.3 Å². The highest BCUT2D eigenvalue weighted by atomic mass is 35.5. The summed E-state index contributed by atoms with van der Waals surface area (Å²) in [5, 5.41) is 8.99. The summed E-state index contributed by atoms with van der Waals surface area (Å²) in [5.41, 5.74) is 0.0210. The highest BCUT2D eigenvalue weighted by Gasteiger charge is 2.21. The quantitative estimate of drug-likeness (QED) is 0.833. The van der Waals surface area contributed by atoms with Crippen LogP contribution in [0.5, 0.6) is 5.75 Å². The van der Waals surface area contributed by atoms with Gasteiger partial charge in [0.25, 0.3) is 10.0 Å². The summed E-state index contributed by atoms with van der Waals surface area (Å²) in [5.74, 6) is -0.934. The number of aromatic carboxylic acids is 1. The molecule has 9 heteroatoms. The Morgan fingerprint density at radius 1 is 1.17 bits per heavy atom. The van der Waals surface area contributed by atoms with Crippen molar-refractivity contribution in [1.29, 1.82) is 0 Å². The number of carbonyl (C=O) groups is 1. The van der Waals surface area contributed by atoms with Crippen LogP contribution >= 0.6 is 23.2 Å². The highest BCUT2D eigenvalue weighted by molar-refractivity contribution is 7.92. The van der Waals surface area contributed by atoms with Crippen LogP contribution in [0, 0.1) is 0 Å². The predicted octanol–water partition coefficient (Wildman–Crippen LogP) is 3.50. The van der Waals surface area contributed by atoms with Gasteiger partial charge in [0.05, 0.1) is 23.4 Å². The number of halogens is 2. The lowest BCUT2D eigenvalue weighted by Gasteiger charge is -2.13. The minimum atomic E-state index is -4.05. The monoisotopic (exact) mass is 375 g/mol. The molecule has 0 saturated heterocycles. The molecular weight excluding hydrogens is 365 g/mol. The molecule has 122 valence electrons. The van der Waals surface area contributed by atoms with Gasteiger partial charge >= 0.3 is 5.97 Å². The van der Waals surface area contributed by atoms with Crippen molar-refractivity contribution in [3.63, 3.8) is 0 Å². The van der Waals surface area contributed by atoms with Gasteiger partial charge in [0.1, 0.15) is 10.6 Å². The summed E-state index contributed by atoms with van der Waals surface area (Å²) >= 11 is 11.7. The van der Waals surface area contributed by atoms with E-state index in [1.165, 1.54) is 19.2 Å². The summed E-state index contributed by atoms with van der Waals surface area (Å²) < 4.78 is 32.3. The van der Waals surface area contributed by atoms with E-state index in [0.717, 1.165) is 18.2 Å². The lowest BCUT2D eigenvalue weighted by molar-refractivity contribution is 0.0696. The summed E-state index contributed by atoms with van der Waals surface area (Å²) in [7, 11) is -2.66. The molecule has 0 aliphatic carbocycles. The van der Waals surface area contributed by atoms with E-state index in [9.17, 15) is 13.2 Å². The fourth-order valence-electron chi connectivity index (χ4n) is 1.81. The molecule has 6 nitrogen and oxygen atoms in total. The summed E-state index contributed by atoms with van der Waals surface area (Å²) in [4.78, 5) is 10.6. The molecule has 2 aromatic rings. The average Bonchev–Trinajstić information content (AvgIpc) is 2.46. The molecular formula is C14H11Cl2NO5S. The first-order valence-corrected chi connectivity index (χ1v) is 8.37. The fraction of sp³-hybridized carbons (Fsp3) is 0.0714. The van der Waals surface area contributed by atoms with Crippen LogP contribution < -0.4 is 9.46 Å². The van der Waals surface area contributed by atoms with Crippen LogP contribution in [0.25, 0.3) is 0 Å². The van der Waals surface area contributed by atoms with E-state index in [4.69, 9.17) is 33.0 Å². The second-order valence-electron chi connectivity index (χ2n) is 4.40. The third-order valence-electron chi connectivity index (χ3n) is 2.87. The number of hydrogen-bond acceptors (Lipinski definition) is 4. The van der Waals surface area contributed by atoms with E-state index >= 15 is 0 Å². The van der Waals surface area contributed by atoms with Crippen LogP contribution in [0.2, 0.25) is 10.0 Å². The lowest BCUT2D eigenvalue weighted by Crippen LogP contribution is -2.14. The molecule has 0 heterocycles. The Morgan fingerprint density at radius 3 is 2.43 bits per heavy atom. The molecule has 0 bridgehead atoms. The van der Waals surface area contributed by atoms with Crippen LogP contribution in [-0.2, 0) is 10.0 Å². The third-order valence-corrected chi connectivity index (χ3v) is 4.96. The van der Waals surface area contributed by atoms with Gasteiger partial charge in [-0.15, -0.1) is 0 Å². The lowest BCUT2D eigenvalue weighted by atomic mass is 10.2. The Bertz CT molecular complexity index is 867. The molecule has 0 saturated carbocycles. The molecule has 0 aliphatic rings. The molecule has 0 atom stereocenters. The maximum absolute atomic E-state index is 12.4. The molecule has 0 amide bonds. The standard InChI is InChI=1S/C14H11Cl2NO5S/c1-22-12-4-3-9(15)7-11(12)17-23(20,21)13-5-2-8(14(18)19)6-10(13)16/h2-7,17H,1H3,(H,18,19). The van der Waals surface area contributed by atoms with Crippen LogP contribution in [0.4, 0.5) is 5.69 Å². The van der Waals surface area contributed by atoms with E-state index in [0.29, 0.717) is 5.02 Å². The molecule has 0 fully saturated rings. The minimum absolute atomic E-state index is 0.116. The van der Waals surface area contributed by atoms with E-state index in [1.807, 2.05) is 0 Å². The third kappa shape index (κ3) is 3.87. The van der Waals surface area contributed by atoms with E-state index in [1.54, 1.807) is 6.07 Å². The molecule has 2 rings (SSSR count). The molecule has 0 spiro atoms. The van der Waals surface area contributed by atoms with Gasteiger partial charge in [0.2, 0.25) is 0 Å². The predicted molar refractivity (Wildman–Crippen MR) is 87.2 cm³/mol. The number of sulfonamides is 1. The fourth-order valence-corrected chi connectivity index (χ4v) is 3.59. The van der Waals surface area contributed by atoms with Gasteiger partial charge in [-0.1, -0.05) is 23.2 Å². The highest BCUT2D eigenvalue weighted by Crippen LogP contribution is 2.31. The zero-order chi connectivity index (χ0) is 17.2. The topological polar surface area (TPSA) is 92.7 Å². The zero-order valence-corrected chi connectivity index (χ0v) is 14.0. The van der Waals surface area contributed by atoms with Crippen molar-refractivity contribution in [2.75, 3.05) is 11.8 Å². The Kier molecular flexibility index (Phi) is 5.03. The number of anilines is 1. The first-order chi connectivity index (χ1) is 10.7. The Hall–Kier alpha value is -1.96. The maximum Gasteiger partial charge on any atom is 0.335 e. The van der Waals surface area contributed by atoms with Crippen molar-refractivity contribution in [3.05, 3.63) is 52.0 Å². The minimum Gasteiger partial charge on any atom is -0.495 e. The number of methoxy groups -OCH3 is 1. The van der Waals surface area contributed by atoms with Gasteiger partial charge < -0.3 is 9.84 Å². The normalized spacial score (nSPS) is 11.1. The number of carboxylic acid groups (broad SMARTS) is 1. The van der Waals surface area contributed by atoms with Gasteiger partial charge in [-0.2, -0.15) is 0 Å². The zero-order valence-electron chi connectivity index (χ0n) is 11.7. The van der Waals surface area contributed by atoms with E-state index in [2.05, 4.69) is 4.72 Å². The molecule has 0 aromatic heterocycles. The number of carboxylic acids is 1. The smallest absolute Gasteiger partial charge is 0.335 e. The van der Waals surface area contributed by atoms with Gasteiger partial charge in [-0.05, 0) is 36.4 Å². The molecule has 0 unspecified atom stereocenters. The molecule has 2 aromatic carbocycles. The number of rotatable bonds is 5. The van der Waals surface area contributed by atoms with E-state index < -0.39 is 16.0 Å². The van der Waals surface area contributed by atoms with Crippen molar-refractivity contribution >= 4 is 44.9 Å². The van der Waals surface area contributed by atoms with Gasteiger partial charge in [-0.25, -0.2) is 13.2 Å². The Labute approximate surface area is 142 Å². The number of nitrogens with one attached hydrogen (secondary N) is 1. The number of ether oxygens (including phenoxy) is 1. The van der Waals surface area contributed by atoms with Gasteiger partial charge in [0.15, 0.2) is 0 Å². The van der Waals surface area contributed by atoms with Crippen LogP contribution in [0.3, 0.4) is 0 Å². The Balaban J connectivity index is 2.44. The van der Waals surface area contributed by atoms with Crippen molar-refractivity contribution < 1.29 is 23.1 Å². The van der Waals surface area contributed by atoms with Gasteiger partial charge in [-0.3, -0.25) is 4.72 Å². The Morgan fingerprint density at radius 2 is 1.87 bits per heavy atom. The largest absolute Gasteiger partial charge is 0.495 e. The second-order valence-corrected chi connectivity index (χ2v) is 6.89. The van der Waals surface area contributed by atoms with Crippen LogP contribution in [0.1, 0.15) is 10.4 Å². The molecule has 0 aliphatic heterocycles. The summed E-state index contributed by atoms with van der Waals surface area (Å²) in [6, 6.07) is 7.77. The first-order valence-electron chi connectivity index (χ1n) is 6.14. The van der Waals surface area contributed by atoms with E-state index in [-0.39, 0.29) is 26.9 Å². The second kappa shape index (κ2) is 6.66. The van der Waals surface area contributed by atoms with Crippen molar-refractivity contribution in [2.45, 2.75) is 4.90 Å². The number of hydrogen-bond donors (Lipinski definition) is 2. The number of benzene rings is 2. The van der Waals surface area contributed by atoms with Crippen LogP contribution in [-0.4, -0.2) is 26.6 Å². The summed E-state index contributed by atoms with van der Waals surface area (Å²) in [6.45, 7) is 0. The molecule has 0 radical (unpaired) electrons. The SMILES string of the molecule is COc1ccc(Cl)cc1NS(=O)(=O)c1ccc(C(=O)O)cc1Cl. The molecule has 23 heavy (non-hydrogen) atoms. The van der Waals surface area contributed by atoms with Crippen molar-refractivity contribution in [3.8, 4) is 5.75 Å². The van der Waals surface area contributed by atoms with Crippen molar-refractivity contribution in [2.24, 2.45) is 0 Å². The first kappa shape index (κ1) is 17.4.